The van der Waals surface area contributed by atoms with Crippen molar-refractivity contribution in [1.82, 2.24) is 10.2 Å². The van der Waals surface area contributed by atoms with E-state index in [-0.39, 0.29) is 11.2 Å². The summed E-state index contributed by atoms with van der Waals surface area (Å²) in [6.45, 7) is 2.02. The second kappa shape index (κ2) is 8.81. The van der Waals surface area contributed by atoms with Crippen LogP contribution in [-0.2, 0) is 0 Å². The van der Waals surface area contributed by atoms with Crippen LogP contribution in [-0.4, -0.2) is 24.4 Å². The van der Waals surface area contributed by atoms with Crippen LogP contribution in [0, 0.1) is 6.92 Å². The van der Waals surface area contributed by atoms with Gasteiger partial charge >= 0.3 is 0 Å². The quantitative estimate of drug-likeness (QED) is 0.282. The number of benzene rings is 3. The van der Waals surface area contributed by atoms with Crippen molar-refractivity contribution in [3.8, 4) is 33.9 Å². The molecule has 0 aliphatic carbocycles. The highest BCUT2D eigenvalue weighted by atomic mass is 16.5. The Kier molecular flexibility index (Phi) is 5.76. The van der Waals surface area contributed by atoms with Gasteiger partial charge in [-0.3, -0.25) is 15.0 Å². The van der Waals surface area contributed by atoms with Gasteiger partial charge in [-0.05, 0) is 60.0 Å². The first-order chi connectivity index (χ1) is 15.5. The lowest BCUT2D eigenvalue weighted by molar-refractivity contribution is 0.395. The van der Waals surface area contributed by atoms with E-state index in [4.69, 9.17) is 15.2 Å². The molecule has 3 aromatic carbocycles. The predicted octanol–water partition coefficient (Wildman–Crippen LogP) is 5.36. The topological polar surface area (TPSA) is 118 Å². The molecule has 8 heteroatoms. The third-order valence-corrected chi connectivity index (χ3v) is 5.12. The van der Waals surface area contributed by atoms with E-state index in [9.17, 15) is 4.79 Å². The van der Waals surface area contributed by atoms with E-state index in [0.29, 0.717) is 34.1 Å². The highest BCUT2D eigenvalue weighted by Crippen LogP contribution is 2.36. The number of aryl methyl sites for hydroxylation is 1. The van der Waals surface area contributed by atoms with Crippen molar-refractivity contribution in [2.75, 3.05) is 20.0 Å². The number of hydrogen-bond donors (Lipinski definition) is 3. The standard InChI is InChI=1S/C24H23N5O3/c1-14-7-8-17(12-20(14)15-5-4-6-16(25)11-15)26-28-23-22(27-29-24(23)30)19-10-9-18(31-2)13-21(19)32-3/h4-13H,25H2,1-3H3,(H2,27,29,30). The zero-order valence-corrected chi connectivity index (χ0v) is 18.0. The summed E-state index contributed by atoms with van der Waals surface area (Å²) in [5.41, 5.74) is 11.2. The lowest BCUT2D eigenvalue weighted by Crippen LogP contribution is -1.96. The van der Waals surface area contributed by atoms with Gasteiger partial charge in [0.05, 0.1) is 25.6 Å². The number of nitrogen functional groups attached to an aromatic ring is 1. The highest BCUT2D eigenvalue weighted by molar-refractivity contribution is 5.77. The minimum absolute atomic E-state index is 0.152. The monoisotopic (exact) mass is 429 g/mol. The number of H-pyrrole nitrogens is 2. The Labute approximate surface area is 184 Å². The van der Waals surface area contributed by atoms with Gasteiger partial charge in [0.1, 0.15) is 11.5 Å². The molecule has 4 rings (SSSR count). The molecule has 0 amide bonds. The van der Waals surface area contributed by atoms with Crippen LogP contribution in [0.3, 0.4) is 0 Å². The maximum Gasteiger partial charge on any atom is 0.292 e. The minimum atomic E-state index is -0.384. The second-order valence-electron chi connectivity index (χ2n) is 7.19. The van der Waals surface area contributed by atoms with Crippen LogP contribution in [0.1, 0.15) is 5.56 Å². The first-order valence-corrected chi connectivity index (χ1v) is 9.91. The molecule has 0 saturated heterocycles. The van der Waals surface area contributed by atoms with Crippen LogP contribution in [0.25, 0.3) is 22.4 Å². The second-order valence-corrected chi connectivity index (χ2v) is 7.19. The molecule has 32 heavy (non-hydrogen) atoms. The average Bonchev–Trinajstić information content (AvgIpc) is 3.18. The Morgan fingerprint density at radius 2 is 1.72 bits per heavy atom. The number of nitrogens with two attached hydrogens (primary N) is 1. The molecule has 0 atom stereocenters. The molecule has 1 aromatic heterocycles. The molecular formula is C24H23N5O3. The lowest BCUT2D eigenvalue weighted by Gasteiger charge is -2.09. The van der Waals surface area contributed by atoms with Gasteiger partial charge in [0.25, 0.3) is 5.56 Å². The van der Waals surface area contributed by atoms with E-state index in [0.717, 1.165) is 16.7 Å². The van der Waals surface area contributed by atoms with E-state index in [1.807, 2.05) is 49.4 Å². The van der Waals surface area contributed by atoms with Crippen molar-refractivity contribution in [1.29, 1.82) is 0 Å². The Bertz CT molecular complexity index is 1350. The van der Waals surface area contributed by atoms with Gasteiger partial charge in [0.2, 0.25) is 0 Å². The normalized spacial score (nSPS) is 11.1. The molecule has 4 N–H and O–H groups in total. The third-order valence-electron chi connectivity index (χ3n) is 5.12. The van der Waals surface area contributed by atoms with E-state index in [1.165, 1.54) is 0 Å². The van der Waals surface area contributed by atoms with E-state index in [1.54, 1.807) is 32.4 Å². The first-order valence-electron chi connectivity index (χ1n) is 9.91. The molecule has 4 aromatic rings. The van der Waals surface area contributed by atoms with Crippen LogP contribution in [0.4, 0.5) is 17.1 Å². The number of methoxy groups -OCH3 is 2. The fraction of sp³-hybridized carbons (Fsp3) is 0.125. The van der Waals surface area contributed by atoms with Gasteiger partial charge in [0.15, 0.2) is 5.69 Å². The van der Waals surface area contributed by atoms with Crippen molar-refractivity contribution in [2.45, 2.75) is 6.92 Å². The number of azo groups is 1. The molecule has 0 aliphatic rings. The maximum absolute atomic E-state index is 12.4. The Morgan fingerprint density at radius 1 is 0.875 bits per heavy atom. The summed E-state index contributed by atoms with van der Waals surface area (Å²) in [4.78, 5) is 12.4. The smallest absolute Gasteiger partial charge is 0.292 e. The number of ether oxygens (including phenoxy) is 2. The molecule has 0 spiro atoms. The molecule has 0 bridgehead atoms. The lowest BCUT2D eigenvalue weighted by atomic mass is 9.99. The zero-order chi connectivity index (χ0) is 22.7. The van der Waals surface area contributed by atoms with E-state index < -0.39 is 0 Å². The molecule has 0 radical (unpaired) electrons. The summed E-state index contributed by atoms with van der Waals surface area (Å²) in [6.07, 6.45) is 0. The van der Waals surface area contributed by atoms with Crippen molar-refractivity contribution >= 4 is 17.1 Å². The fourth-order valence-electron chi connectivity index (χ4n) is 3.44. The Balaban J connectivity index is 1.73. The number of hydrogen-bond acceptors (Lipinski definition) is 6. The number of aromatic nitrogens is 2. The van der Waals surface area contributed by atoms with Gasteiger partial charge in [-0.2, -0.15) is 5.11 Å². The van der Waals surface area contributed by atoms with E-state index in [2.05, 4.69) is 20.4 Å². The molecule has 0 unspecified atom stereocenters. The third kappa shape index (κ3) is 4.11. The zero-order valence-electron chi connectivity index (χ0n) is 18.0. The van der Waals surface area contributed by atoms with E-state index >= 15 is 0 Å². The van der Waals surface area contributed by atoms with Crippen molar-refractivity contribution in [3.05, 3.63) is 76.6 Å². The van der Waals surface area contributed by atoms with Gasteiger partial charge in [0, 0.05) is 17.3 Å². The van der Waals surface area contributed by atoms with Crippen LogP contribution in [0.2, 0.25) is 0 Å². The molecule has 0 fully saturated rings. The van der Waals surface area contributed by atoms with Crippen LogP contribution in [0.5, 0.6) is 11.5 Å². The summed E-state index contributed by atoms with van der Waals surface area (Å²) >= 11 is 0. The summed E-state index contributed by atoms with van der Waals surface area (Å²) in [5, 5.41) is 14.0. The van der Waals surface area contributed by atoms with Crippen molar-refractivity contribution in [2.24, 2.45) is 10.2 Å². The van der Waals surface area contributed by atoms with Crippen LogP contribution < -0.4 is 20.8 Å². The number of nitrogens with one attached hydrogen (secondary N) is 2. The summed E-state index contributed by atoms with van der Waals surface area (Å²) in [6, 6.07) is 18.7. The number of nitrogens with zero attached hydrogens (tertiary/aromatic N) is 2. The molecule has 0 saturated carbocycles. The minimum Gasteiger partial charge on any atom is -0.497 e. The Morgan fingerprint density at radius 3 is 2.47 bits per heavy atom. The molecule has 0 aliphatic heterocycles. The summed E-state index contributed by atoms with van der Waals surface area (Å²) < 4.78 is 10.7. The SMILES string of the molecule is COc1ccc(-c2[nH][nH]c(=O)c2N=Nc2ccc(C)c(-c3cccc(N)c3)c2)c(OC)c1. The van der Waals surface area contributed by atoms with Crippen LogP contribution in [0.15, 0.2) is 75.7 Å². The van der Waals surface area contributed by atoms with Crippen molar-refractivity contribution < 1.29 is 9.47 Å². The molecule has 1 heterocycles. The maximum atomic E-state index is 12.4. The van der Waals surface area contributed by atoms with Gasteiger partial charge < -0.3 is 15.2 Å². The predicted molar refractivity (Wildman–Crippen MR) is 125 cm³/mol. The molecule has 8 nitrogen and oxygen atoms in total. The van der Waals surface area contributed by atoms with Crippen molar-refractivity contribution in [3.63, 3.8) is 0 Å². The van der Waals surface area contributed by atoms with Gasteiger partial charge in [-0.25, -0.2) is 0 Å². The summed E-state index contributed by atoms with van der Waals surface area (Å²) in [7, 11) is 3.13. The number of rotatable bonds is 6. The number of anilines is 1. The fourth-order valence-corrected chi connectivity index (χ4v) is 3.44. The average molecular weight is 429 g/mol. The summed E-state index contributed by atoms with van der Waals surface area (Å²) in [5.74, 6) is 1.18. The van der Waals surface area contributed by atoms with Crippen LogP contribution >= 0.6 is 0 Å². The van der Waals surface area contributed by atoms with Gasteiger partial charge in [-0.15, -0.1) is 5.11 Å². The highest BCUT2D eigenvalue weighted by Gasteiger charge is 2.16. The Hall–Kier alpha value is -4.33. The molecule has 162 valence electrons. The number of aromatic amines is 2. The largest absolute Gasteiger partial charge is 0.497 e. The van der Waals surface area contributed by atoms with Gasteiger partial charge in [-0.1, -0.05) is 18.2 Å². The first kappa shape index (κ1) is 20.9. The molecular weight excluding hydrogens is 406 g/mol.